The summed E-state index contributed by atoms with van der Waals surface area (Å²) < 4.78 is 19.7. The van der Waals surface area contributed by atoms with Gasteiger partial charge in [-0.15, -0.1) is 0 Å². The van der Waals surface area contributed by atoms with Crippen molar-refractivity contribution in [3.8, 4) is 0 Å². The molecule has 2 amide bonds. The van der Waals surface area contributed by atoms with E-state index in [4.69, 9.17) is 18.9 Å². The van der Waals surface area contributed by atoms with Crippen molar-refractivity contribution in [1.29, 1.82) is 0 Å². The SMILES string of the molecule is CCOC(=O)CC[C@@H](NC(=O)CCCCCCCCC(=O)N[C@H](CCC(=O)OCC)C(=O)OCC)C(=O)OCC. The van der Waals surface area contributed by atoms with Gasteiger partial charge in [0.05, 0.1) is 26.4 Å². The summed E-state index contributed by atoms with van der Waals surface area (Å²) >= 11 is 0. The summed E-state index contributed by atoms with van der Waals surface area (Å²) in [5.41, 5.74) is 0. The van der Waals surface area contributed by atoms with E-state index < -0.39 is 36.0 Å². The maximum absolute atomic E-state index is 12.3. The average molecular weight is 573 g/mol. The molecule has 0 spiro atoms. The third kappa shape index (κ3) is 19.0. The maximum Gasteiger partial charge on any atom is 0.328 e. The summed E-state index contributed by atoms with van der Waals surface area (Å²) in [4.78, 5) is 72.0. The van der Waals surface area contributed by atoms with E-state index in [9.17, 15) is 28.8 Å². The summed E-state index contributed by atoms with van der Waals surface area (Å²) in [6.45, 7) is 7.57. The van der Waals surface area contributed by atoms with Crippen molar-refractivity contribution in [2.45, 2.75) is 117 Å². The lowest BCUT2D eigenvalue weighted by Crippen LogP contribution is -2.42. The molecular formula is C28H48N2O10. The summed E-state index contributed by atoms with van der Waals surface area (Å²) in [5, 5.41) is 5.30. The summed E-state index contributed by atoms with van der Waals surface area (Å²) in [5.74, 6) is -2.57. The Morgan fingerprint density at radius 2 is 0.800 bits per heavy atom. The van der Waals surface area contributed by atoms with Crippen molar-refractivity contribution >= 4 is 35.7 Å². The van der Waals surface area contributed by atoms with Crippen molar-refractivity contribution in [2.24, 2.45) is 0 Å². The van der Waals surface area contributed by atoms with Gasteiger partial charge in [-0.2, -0.15) is 0 Å². The fourth-order valence-electron chi connectivity index (χ4n) is 3.79. The number of ether oxygens (including phenoxy) is 4. The normalized spacial score (nSPS) is 12.0. The van der Waals surface area contributed by atoms with E-state index in [0.717, 1.165) is 25.7 Å². The number of hydrogen-bond acceptors (Lipinski definition) is 10. The minimum atomic E-state index is -0.892. The fraction of sp³-hybridized carbons (Fsp3) is 0.786. The monoisotopic (exact) mass is 572 g/mol. The summed E-state index contributed by atoms with van der Waals surface area (Å²) in [6.07, 6.45) is 5.40. The van der Waals surface area contributed by atoms with Crippen LogP contribution in [0.4, 0.5) is 0 Å². The molecule has 0 radical (unpaired) electrons. The topological polar surface area (TPSA) is 163 Å². The van der Waals surface area contributed by atoms with Crippen LogP contribution in [0, 0.1) is 0 Å². The zero-order chi connectivity index (χ0) is 30.2. The van der Waals surface area contributed by atoms with Gasteiger partial charge in [-0.3, -0.25) is 19.2 Å². The minimum absolute atomic E-state index is 0.00665. The van der Waals surface area contributed by atoms with E-state index in [0.29, 0.717) is 12.8 Å². The zero-order valence-corrected chi connectivity index (χ0v) is 24.6. The summed E-state index contributed by atoms with van der Waals surface area (Å²) in [6, 6.07) is -1.78. The van der Waals surface area contributed by atoms with Crippen LogP contribution in [0.5, 0.6) is 0 Å². The predicted molar refractivity (Wildman–Crippen MR) is 146 cm³/mol. The number of nitrogens with one attached hydrogen (secondary N) is 2. The van der Waals surface area contributed by atoms with Crippen molar-refractivity contribution in [1.82, 2.24) is 10.6 Å². The van der Waals surface area contributed by atoms with Gasteiger partial charge in [0, 0.05) is 25.7 Å². The van der Waals surface area contributed by atoms with E-state index >= 15 is 0 Å². The number of carbonyl (C=O) groups excluding carboxylic acids is 6. The fourth-order valence-corrected chi connectivity index (χ4v) is 3.79. The van der Waals surface area contributed by atoms with E-state index in [2.05, 4.69) is 10.6 Å². The molecule has 0 unspecified atom stereocenters. The van der Waals surface area contributed by atoms with Crippen LogP contribution in [0.3, 0.4) is 0 Å². The molecule has 230 valence electrons. The lowest BCUT2D eigenvalue weighted by molar-refractivity contribution is -0.149. The second-order valence-corrected chi connectivity index (χ2v) is 9.05. The Bertz CT molecular complexity index is 723. The quantitative estimate of drug-likeness (QED) is 0.106. The molecule has 40 heavy (non-hydrogen) atoms. The van der Waals surface area contributed by atoms with Gasteiger partial charge in [0.25, 0.3) is 0 Å². The van der Waals surface area contributed by atoms with Crippen molar-refractivity contribution < 1.29 is 47.7 Å². The van der Waals surface area contributed by atoms with Crippen LogP contribution in [0.25, 0.3) is 0 Å². The smallest absolute Gasteiger partial charge is 0.328 e. The van der Waals surface area contributed by atoms with Crippen LogP contribution < -0.4 is 10.6 Å². The molecule has 0 saturated carbocycles. The van der Waals surface area contributed by atoms with Crippen molar-refractivity contribution in [2.75, 3.05) is 26.4 Å². The highest BCUT2D eigenvalue weighted by Crippen LogP contribution is 2.10. The third-order valence-corrected chi connectivity index (χ3v) is 5.76. The van der Waals surface area contributed by atoms with Crippen LogP contribution in [0.2, 0.25) is 0 Å². The Morgan fingerprint density at radius 3 is 1.12 bits per heavy atom. The summed E-state index contributed by atoms with van der Waals surface area (Å²) in [7, 11) is 0. The lowest BCUT2D eigenvalue weighted by Gasteiger charge is -2.17. The molecule has 0 aliphatic rings. The molecule has 12 heteroatoms. The first-order valence-corrected chi connectivity index (χ1v) is 14.4. The minimum Gasteiger partial charge on any atom is -0.466 e. The predicted octanol–water partition coefficient (Wildman–Crippen LogP) is 2.89. The van der Waals surface area contributed by atoms with E-state index in [1.807, 2.05) is 0 Å². The molecule has 0 aromatic heterocycles. The molecule has 0 aliphatic heterocycles. The molecule has 0 rings (SSSR count). The molecule has 2 N–H and O–H groups in total. The highest BCUT2D eigenvalue weighted by atomic mass is 16.5. The zero-order valence-electron chi connectivity index (χ0n) is 24.6. The van der Waals surface area contributed by atoms with Crippen LogP contribution in [-0.2, 0) is 47.7 Å². The van der Waals surface area contributed by atoms with Gasteiger partial charge in [0.2, 0.25) is 11.8 Å². The number of hydrogen-bond donors (Lipinski definition) is 2. The molecule has 0 aromatic carbocycles. The number of unbranched alkanes of at least 4 members (excludes halogenated alkanes) is 5. The van der Waals surface area contributed by atoms with Crippen LogP contribution >= 0.6 is 0 Å². The van der Waals surface area contributed by atoms with Gasteiger partial charge in [0.15, 0.2) is 0 Å². The first kappa shape index (κ1) is 36.8. The Kier molecular flexibility index (Phi) is 21.8. The molecular weight excluding hydrogens is 524 g/mol. The van der Waals surface area contributed by atoms with Gasteiger partial charge in [0.1, 0.15) is 12.1 Å². The highest BCUT2D eigenvalue weighted by Gasteiger charge is 2.24. The van der Waals surface area contributed by atoms with Crippen LogP contribution in [0.15, 0.2) is 0 Å². The molecule has 0 aromatic rings. The van der Waals surface area contributed by atoms with E-state index in [1.165, 1.54) is 0 Å². The average Bonchev–Trinajstić information content (AvgIpc) is 2.90. The second kappa shape index (κ2) is 23.7. The van der Waals surface area contributed by atoms with Gasteiger partial charge in [-0.05, 0) is 53.4 Å². The molecule has 2 atom stereocenters. The van der Waals surface area contributed by atoms with Crippen molar-refractivity contribution in [3.05, 3.63) is 0 Å². The molecule has 0 bridgehead atoms. The molecule has 12 nitrogen and oxygen atoms in total. The first-order chi connectivity index (χ1) is 19.2. The Hall–Kier alpha value is -3.18. The van der Waals surface area contributed by atoms with Gasteiger partial charge >= 0.3 is 23.9 Å². The standard InChI is InChI=1S/C28H48N2O10/c1-5-37-25(33)19-17-21(27(35)39-7-3)29-23(31)15-13-11-9-10-12-14-16-24(32)30-22(28(36)40-8-4)18-20-26(34)38-6-2/h21-22H,5-20H2,1-4H3,(H,29,31)(H,30,32)/t21-,22-/m1/s1. The molecule has 0 fully saturated rings. The largest absolute Gasteiger partial charge is 0.466 e. The van der Waals surface area contributed by atoms with Gasteiger partial charge < -0.3 is 29.6 Å². The highest BCUT2D eigenvalue weighted by molar-refractivity contribution is 5.85. The lowest BCUT2D eigenvalue weighted by atomic mass is 10.1. The molecule has 0 saturated heterocycles. The van der Waals surface area contributed by atoms with Gasteiger partial charge in [-0.25, -0.2) is 9.59 Å². The van der Waals surface area contributed by atoms with E-state index in [-0.39, 0.29) is 76.8 Å². The Morgan fingerprint density at radius 1 is 0.475 bits per heavy atom. The maximum atomic E-state index is 12.3. The van der Waals surface area contributed by atoms with Gasteiger partial charge in [-0.1, -0.05) is 25.7 Å². The third-order valence-electron chi connectivity index (χ3n) is 5.76. The second-order valence-electron chi connectivity index (χ2n) is 9.05. The Balaban J connectivity index is 4.24. The van der Waals surface area contributed by atoms with E-state index in [1.54, 1.807) is 27.7 Å². The number of esters is 4. The molecule has 0 aliphatic carbocycles. The number of carbonyl (C=O) groups is 6. The van der Waals surface area contributed by atoms with Crippen LogP contribution in [0.1, 0.15) is 105 Å². The Labute approximate surface area is 237 Å². The number of amides is 2. The molecule has 0 heterocycles. The first-order valence-electron chi connectivity index (χ1n) is 14.4. The van der Waals surface area contributed by atoms with Crippen molar-refractivity contribution in [3.63, 3.8) is 0 Å². The number of rotatable bonds is 23. The van der Waals surface area contributed by atoms with Crippen LogP contribution in [-0.4, -0.2) is 74.2 Å².